The van der Waals surface area contributed by atoms with E-state index in [0.717, 1.165) is 53.3 Å². The zero-order valence-corrected chi connectivity index (χ0v) is 60.6. The Bertz CT molecular complexity index is 1510. The first-order chi connectivity index (χ1) is 42.6. The maximum Gasteiger partial charge on any atom is 0.138 e. The molecule has 9 aromatic rings. The van der Waals surface area contributed by atoms with E-state index < -0.39 is 0 Å². The Kier molecular flexibility index (Phi) is 108. The van der Waals surface area contributed by atoms with Gasteiger partial charge in [0.05, 0.1) is 31.0 Å². The first-order valence-corrected chi connectivity index (χ1v) is 30.5. The molecule has 9 rings (SSSR count). The molecule has 0 unspecified atom stereocenters. The lowest BCUT2D eigenvalue weighted by atomic mass is 10.3. The van der Waals surface area contributed by atoms with Crippen molar-refractivity contribution in [2.75, 3.05) is 0 Å². The summed E-state index contributed by atoms with van der Waals surface area (Å²) in [6.07, 6.45) is 38.2. The van der Waals surface area contributed by atoms with Gasteiger partial charge in [-0.1, -0.05) is 193 Å². The van der Waals surface area contributed by atoms with Crippen molar-refractivity contribution in [1.29, 1.82) is 0 Å². The predicted molar refractivity (Wildman–Crippen MR) is 376 cm³/mol. The van der Waals surface area contributed by atoms with Crippen molar-refractivity contribution in [3.05, 3.63) is 204 Å². The number of hydrogen-bond donors (Lipinski definition) is 0. The molecule has 0 atom stereocenters. The van der Waals surface area contributed by atoms with Gasteiger partial charge in [-0.25, -0.2) is 39.9 Å². The Hall–Kier alpha value is -8.49. The van der Waals surface area contributed by atoms with Crippen LogP contribution in [0.4, 0.5) is 0 Å². The van der Waals surface area contributed by atoms with Crippen LogP contribution in [-0.2, 0) is 0 Å². The quantitative estimate of drug-likeness (QED) is 0.136. The largest absolute Gasteiger partial charge is 0.265 e. The van der Waals surface area contributed by atoms with Gasteiger partial charge in [-0.3, -0.25) is 15.0 Å². The predicted octanol–water partition coefficient (Wildman–Crippen LogP) is 17.4. The Morgan fingerprint density at radius 2 is 0.311 bits per heavy atom. The lowest BCUT2D eigenvalue weighted by Crippen LogP contribution is -1.78. The van der Waals surface area contributed by atoms with Crippen LogP contribution in [0.25, 0.3) is 0 Å². The van der Waals surface area contributed by atoms with Crippen molar-refractivity contribution in [2.24, 2.45) is 53.3 Å². The van der Waals surface area contributed by atoms with Gasteiger partial charge in [0.25, 0.3) is 0 Å². The smallest absolute Gasteiger partial charge is 0.138 e. The summed E-state index contributed by atoms with van der Waals surface area (Å²) >= 11 is 0. The van der Waals surface area contributed by atoms with Gasteiger partial charge >= 0.3 is 0 Å². The third-order valence-electron chi connectivity index (χ3n) is 4.10. The molecular weight excluding hydrogens is 1120 g/mol. The molecule has 21 nitrogen and oxygen atoms in total. The molecule has 0 aromatic carbocycles. The summed E-state index contributed by atoms with van der Waals surface area (Å²) in [4.78, 5) is 40.2. The van der Waals surface area contributed by atoms with E-state index >= 15 is 0 Å². The van der Waals surface area contributed by atoms with E-state index in [1.54, 1.807) is 130 Å². The molecule has 21 heteroatoms. The number of pyridine rings is 1. The van der Waals surface area contributed by atoms with E-state index in [1.165, 1.54) is 44.2 Å². The lowest BCUT2D eigenvalue weighted by molar-refractivity contribution is 0.736. The van der Waals surface area contributed by atoms with Crippen LogP contribution in [0.15, 0.2) is 204 Å². The Morgan fingerprint density at radius 1 is 0.133 bits per heavy atom. The zero-order chi connectivity index (χ0) is 70.4. The second kappa shape index (κ2) is 96.8. The molecule has 0 amide bonds. The molecule has 9 heterocycles. The van der Waals surface area contributed by atoms with Gasteiger partial charge in [0.15, 0.2) is 0 Å². The van der Waals surface area contributed by atoms with Crippen molar-refractivity contribution in [2.45, 2.75) is 187 Å². The molecule has 0 aliphatic heterocycles. The second-order valence-electron chi connectivity index (χ2n) is 23.4. The molecule has 0 saturated heterocycles. The fourth-order valence-electron chi connectivity index (χ4n) is 2.15. The van der Waals surface area contributed by atoms with Crippen LogP contribution in [0.1, 0.15) is 187 Å². The van der Waals surface area contributed by atoms with Crippen molar-refractivity contribution >= 4 is 0 Å². The summed E-state index contributed by atoms with van der Waals surface area (Å²) in [7, 11) is 0. The minimum atomic E-state index is 0.833. The van der Waals surface area contributed by atoms with E-state index in [0.29, 0.717) is 0 Å². The number of rotatable bonds is 0. The summed E-state index contributed by atoms with van der Waals surface area (Å²) in [5.41, 5.74) is 0. The van der Waals surface area contributed by atoms with Crippen LogP contribution in [0.2, 0.25) is 0 Å². The highest BCUT2D eigenvalue weighted by atomic mass is 15.3. The van der Waals surface area contributed by atoms with Gasteiger partial charge < -0.3 is 0 Å². The monoisotopic (exact) mass is 1250 g/mol. The molecule has 90 heavy (non-hydrogen) atoms. The average molecular weight is 1250 g/mol. The Balaban J connectivity index is -0.000000111. The topological polar surface area (TPSA) is 271 Å². The van der Waals surface area contributed by atoms with Crippen LogP contribution >= 0.6 is 0 Å². The fraction of sp³-hybridized carbons (Fsp3) is 0.522. The third-order valence-corrected chi connectivity index (χ3v) is 4.10. The number of nitrogens with zero attached hydrogens (tertiary/aromatic N) is 21. The summed E-state index contributed by atoms with van der Waals surface area (Å²) in [6, 6.07) is 16.4. The van der Waals surface area contributed by atoms with E-state index in [-0.39, 0.29) is 0 Å². The van der Waals surface area contributed by atoms with Gasteiger partial charge in [0, 0.05) is 80.6 Å². The second-order valence-corrected chi connectivity index (χ2v) is 23.4. The zero-order valence-electron chi connectivity index (χ0n) is 60.6. The summed E-state index contributed by atoms with van der Waals surface area (Å²) in [5, 5.41) is 34.2. The van der Waals surface area contributed by atoms with Crippen LogP contribution < -0.4 is 0 Å². The van der Waals surface area contributed by atoms with Crippen LogP contribution in [0.5, 0.6) is 0 Å². The first-order valence-electron chi connectivity index (χ1n) is 30.5. The van der Waals surface area contributed by atoms with Crippen molar-refractivity contribution in [3.63, 3.8) is 0 Å². The molecule has 504 valence electrons. The van der Waals surface area contributed by atoms with Gasteiger partial charge in [0.1, 0.15) is 38.0 Å². The minimum Gasteiger partial charge on any atom is -0.265 e. The highest BCUT2D eigenvalue weighted by molar-refractivity contribution is 4.88. The fourth-order valence-corrected chi connectivity index (χ4v) is 2.15. The van der Waals surface area contributed by atoms with Crippen molar-refractivity contribution < 1.29 is 0 Å². The SMILES string of the molecule is CC(C)C.CC(C)C.CC(C)C.CC(C)C.CC(C)C.CC(C)C.CC(C)C.CC(C)C.CC(C)C.c1ccncc1.c1ccnnc1.c1cnccn1.c1cncnc1.c1cncnc1.c1cnncn1.c1cnnnc1.c1cnnnc1.c1ncncn1. The molecule has 0 radical (unpaired) electrons. The molecule has 0 saturated carbocycles. The molecular formula is C69H123N21. The molecule has 0 bridgehead atoms. The van der Waals surface area contributed by atoms with Gasteiger partial charge in [-0.2, -0.15) is 15.3 Å². The van der Waals surface area contributed by atoms with E-state index in [4.69, 9.17) is 0 Å². The van der Waals surface area contributed by atoms with Crippen LogP contribution in [0, 0.1) is 53.3 Å². The highest BCUT2D eigenvalue weighted by Gasteiger charge is 1.73. The molecule has 9 aromatic heterocycles. The third kappa shape index (κ3) is 237. The number of hydrogen-bond acceptors (Lipinski definition) is 21. The van der Waals surface area contributed by atoms with Crippen LogP contribution in [0.3, 0.4) is 0 Å². The van der Waals surface area contributed by atoms with Crippen molar-refractivity contribution in [3.8, 4) is 0 Å². The summed E-state index contributed by atoms with van der Waals surface area (Å²) in [6.45, 7) is 58.5. The normalized spacial score (nSPS) is 8.40. The van der Waals surface area contributed by atoms with Gasteiger partial charge in [0.2, 0.25) is 0 Å². The molecule has 0 aliphatic rings. The minimum absolute atomic E-state index is 0.833. The lowest BCUT2D eigenvalue weighted by Gasteiger charge is -1.79. The van der Waals surface area contributed by atoms with E-state index in [1.807, 2.05) is 30.3 Å². The summed E-state index contributed by atoms with van der Waals surface area (Å²) < 4.78 is 0. The maximum absolute atomic E-state index is 3.78. The van der Waals surface area contributed by atoms with Crippen LogP contribution in [-0.4, -0.2) is 106 Å². The first kappa shape index (κ1) is 100. The average Bonchev–Trinajstić information content (AvgIpc) is 3.51. The maximum atomic E-state index is 3.78. The number of aromatic nitrogens is 21. The van der Waals surface area contributed by atoms with E-state index in [9.17, 15) is 0 Å². The molecule has 0 N–H and O–H groups in total. The molecule has 0 fully saturated rings. The van der Waals surface area contributed by atoms with E-state index in [2.05, 4.69) is 293 Å². The Labute approximate surface area is 548 Å². The highest BCUT2D eigenvalue weighted by Crippen LogP contribution is 1.85. The van der Waals surface area contributed by atoms with Gasteiger partial charge in [-0.05, 0) is 112 Å². The van der Waals surface area contributed by atoms with Gasteiger partial charge in [-0.15, -0.1) is 25.5 Å². The summed E-state index contributed by atoms with van der Waals surface area (Å²) in [5.74, 6) is 7.50. The Morgan fingerprint density at radius 3 is 0.389 bits per heavy atom. The molecule has 0 spiro atoms. The standard InChI is InChI=1S/C5H5N.4C4H4N2.9C4H10.4C3H3N3/c1-2-4-6-5-3-1;1-2-6-4-3-5-1;2*1-2-5-4-6-3-1;1-2-4-6-5-3-1;9*1-4(2)3;1-4-2-6-3-5-1;1-2-5-6-3-4-1;2*1-2-4-6-5-3-1/h1-5H;4*1-4H;9*4H,1-3H3;4*1-3H. The molecule has 0 aliphatic carbocycles. The van der Waals surface area contributed by atoms with Crippen molar-refractivity contribution in [1.82, 2.24) is 106 Å².